The molecule has 1 aliphatic carbocycles. The van der Waals surface area contributed by atoms with Gasteiger partial charge in [-0.25, -0.2) is 4.79 Å². The number of thioether (sulfide) groups is 1. The van der Waals surface area contributed by atoms with Crippen LogP contribution in [0.1, 0.15) is 46.0 Å². The third-order valence-corrected chi connectivity index (χ3v) is 5.99. The van der Waals surface area contributed by atoms with Crippen molar-refractivity contribution in [1.82, 2.24) is 4.90 Å². The van der Waals surface area contributed by atoms with Crippen LogP contribution in [0.4, 0.5) is 5.69 Å². The van der Waals surface area contributed by atoms with Gasteiger partial charge in [0.05, 0.1) is 5.25 Å². The van der Waals surface area contributed by atoms with Crippen molar-refractivity contribution in [3.05, 3.63) is 24.3 Å². The van der Waals surface area contributed by atoms with E-state index in [2.05, 4.69) is 5.32 Å². The normalized spacial score (nSPS) is 17.2. The first-order chi connectivity index (χ1) is 12.3. The molecule has 0 aromatic heterocycles. The molecule has 7 heteroatoms. The molecule has 2 rings (SSSR count). The van der Waals surface area contributed by atoms with E-state index in [1.807, 2.05) is 12.1 Å². The monoisotopic (exact) mass is 378 g/mol. The van der Waals surface area contributed by atoms with Gasteiger partial charge < -0.3 is 15.3 Å². The number of carboxylic acid groups (broad SMARTS) is 1. The number of carbonyl (C=O) groups excluding carboxylic acids is 2. The van der Waals surface area contributed by atoms with Gasteiger partial charge in [0.25, 0.3) is 0 Å². The predicted molar refractivity (Wildman–Crippen MR) is 102 cm³/mol. The number of carboxylic acids is 1. The summed E-state index contributed by atoms with van der Waals surface area (Å²) in [5.74, 6) is -1.22. The average Bonchev–Trinajstić information content (AvgIpc) is 2.62. The molecule has 6 nitrogen and oxygen atoms in total. The van der Waals surface area contributed by atoms with E-state index in [1.165, 1.54) is 23.6 Å². The van der Waals surface area contributed by atoms with Crippen LogP contribution in [0.2, 0.25) is 0 Å². The van der Waals surface area contributed by atoms with Gasteiger partial charge in [0.2, 0.25) is 11.8 Å². The van der Waals surface area contributed by atoms with Crippen molar-refractivity contribution < 1.29 is 19.5 Å². The number of nitrogens with zero attached hydrogens (tertiary/aromatic N) is 1. The van der Waals surface area contributed by atoms with Crippen molar-refractivity contribution in [1.29, 1.82) is 0 Å². The molecule has 1 aromatic carbocycles. The smallest absolute Gasteiger partial charge is 0.329 e. The summed E-state index contributed by atoms with van der Waals surface area (Å²) < 4.78 is 0. The van der Waals surface area contributed by atoms with E-state index in [4.69, 9.17) is 0 Å². The van der Waals surface area contributed by atoms with Crippen LogP contribution >= 0.6 is 11.8 Å². The summed E-state index contributed by atoms with van der Waals surface area (Å²) in [7, 11) is 1.61. The van der Waals surface area contributed by atoms with Gasteiger partial charge >= 0.3 is 5.97 Å². The van der Waals surface area contributed by atoms with Crippen molar-refractivity contribution in [3.8, 4) is 0 Å². The quantitative estimate of drug-likeness (QED) is 0.741. The third-order valence-electron chi connectivity index (χ3n) is 4.89. The molecule has 0 aliphatic heterocycles. The number of rotatable bonds is 6. The number of hydrogen-bond donors (Lipinski definition) is 2. The number of nitrogens with one attached hydrogen (secondary N) is 1. The Bertz CT molecular complexity index is 669. The van der Waals surface area contributed by atoms with Gasteiger partial charge in [0, 0.05) is 24.6 Å². The maximum absolute atomic E-state index is 12.9. The molecule has 0 bridgehead atoms. The van der Waals surface area contributed by atoms with E-state index in [0.717, 1.165) is 24.2 Å². The minimum absolute atomic E-state index is 0.137. The Morgan fingerprint density at radius 1 is 1.15 bits per heavy atom. The molecule has 0 radical (unpaired) electrons. The van der Waals surface area contributed by atoms with Crippen LogP contribution in [0.15, 0.2) is 29.2 Å². The number of carbonyl (C=O) groups is 3. The molecule has 26 heavy (non-hydrogen) atoms. The number of aliphatic carboxylic acids is 1. The Kier molecular flexibility index (Phi) is 6.69. The van der Waals surface area contributed by atoms with Gasteiger partial charge in [0.15, 0.2) is 0 Å². The molecule has 1 aliphatic rings. The Hall–Kier alpha value is -2.02. The first-order valence-electron chi connectivity index (χ1n) is 8.81. The first kappa shape index (κ1) is 20.3. The van der Waals surface area contributed by atoms with Crippen LogP contribution in [-0.4, -0.2) is 45.6 Å². The zero-order chi connectivity index (χ0) is 19.3. The molecule has 1 atom stereocenters. The van der Waals surface area contributed by atoms with Gasteiger partial charge in [-0.3, -0.25) is 9.59 Å². The minimum atomic E-state index is -1.08. The summed E-state index contributed by atoms with van der Waals surface area (Å²) in [6, 6.07) is 7.25. The highest BCUT2D eigenvalue weighted by atomic mass is 32.2. The largest absolute Gasteiger partial charge is 0.479 e. The lowest BCUT2D eigenvalue weighted by Crippen LogP contribution is -2.57. The van der Waals surface area contributed by atoms with Crippen molar-refractivity contribution in [2.75, 3.05) is 12.4 Å². The van der Waals surface area contributed by atoms with E-state index in [9.17, 15) is 19.5 Å². The summed E-state index contributed by atoms with van der Waals surface area (Å²) in [5, 5.41) is 12.0. The number of hydrogen-bond acceptors (Lipinski definition) is 4. The van der Waals surface area contributed by atoms with Crippen LogP contribution in [0.5, 0.6) is 0 Å². The Labute approximate surface area is 158 Å². The highest BCUT2D eigenvalue weighted by Crippen LogP contribution is 2.35. The third kappa shape index (κ3) is 4.58. The maximum atomic E-state index is 12.9. The maximum Gasteiger partial charge on any atom is 0.329 e. The molecule has 2 amide bonds. The average molecular weight is 378 g/mol. The molecule has 142 valence electrons. The lowest BCUT2D eigenvalue weighted by atomic mass is 9.80. The summed E-state index contributed by atoms with van der Waals surface area (Å²) in [6.07, 6.45) is 3.69. The van der Waals surface area contributed by atoms with Gasteiger partial charge in [-0.05, 0) is 44.0 Å². The number of amides is 2. The Balaban J connectivity index is 2.05. The van der Waals surface area contributed by atoms with Crippen LogP contribution in [0.25, 0.3) is 0 Å². The van der Waals surface area contributed by atoms with Gasteiger partial charge in [0.1, 0.15) is 5.54 Å². The van der Waals surface area contributed by atoms with E-state index < -0.39 is 16.8 Å². The summed E-state index contributed by atoms with van der Waals surface area (Å²) in [5.41, 5.74) is -0.385. The second-order valence-electron chi connectivity index (χ2n) is 6.76. The fourth-order valence-electron chi connectivity index (χ4n) is 3.39. The number of likely N-dealkylation sites (N-methyl/N-ethyl adjacent to an activating group) is 1. The van der Waals surface area contributed by atoms with Crippen LogP contribution in [0.3, 0.4) is 0 Å². The highest BCUT2D eigenvalue weighted by molar-refractivity contribution is 8.00. The van der Waals surface area contributed by atoms with E-state index >= 15 is 0 Å². The molecule has 0 heterocycles. The second-order valence-corrected chi connectivity index (χ2v) is 8.17. The van der Waals surface area contributed by atoms with Crippen molar-refractivity contribution >= 4 is 35.2 Å². The molecule has 0 spiro atoms. The molecule has 2 N–H and O–H groups in total. The van der Waals surface area contributed by atoms with Crippen molar-refractivity contribution in [2.45, 2.75) is 61.6 Å². The molecular formula is C19H26N2O4S. The SMILES string of the molecule is CC(=O)Nc1ccc(SC(C)C(=O)N(C)C2(C(=O)O)CCCCC2)cc1. The summed E-state index contributed by atoms with van der Waals surface area (Å²) >= 11 is 1.39. The van der Waals surface area contributed by atoms with Crippen LogP contribution in [-0.2, 0) is 14.4 Å². The van der Waals surface area contributed by atoms with Gasteiger partial charge in [-0.1, -0.05) is 19.3 Å². The van der Waals surface area contributed by atoms with Crippen molar-refractivity contribution in [3.63, 3.8) is 0 Å². The molecule has 1 unspecified atom stereocenters. The standard InChI is InChI=1S/C19H26N2O4S/c1-13(26-16-9-7-15(8-10-16)20-14(2)22)17(23)21(3)19(18(24)25)11-5-4-6-12-19/h7-10,13H,4-6,11-12H2,1-3H3,(H,20,22)(H,24,25). The van der Waals surface area contributed by atoms with Gasteiger partial charge in [-0.2, -0.15) is 0 Å². The summed E-state index contributed by atoms with van der Waals surface area (Å²) in [4.78, 5) is 38.1. The predicted octanol–water partition coefficient (Wildman–Crippen LogP) is 3.37. The Morgan fingerprint density at radius 3 is 2.23 bits per heavy atom. The second kappa shape index (κ2) is 8.58. The molecule has 0 saturated heterocycles. The van der Waals surface area contributed by atoms with Crippen LogP contribution < -0.4 is 5.32 Å². The summed E-state index contributed by atoms with van der Waals surface area (Å²) in [6.45, 7) is 3.24. The van der Waals surface area contributed by atoms with Gasteiger partial charge in [-0.15, -0.1) is 11.8 Å². The molecule has 1 saturated carbocycles. The highest BCUT2D eigenvalue weighted by Gasteiger charge is 2.46. The lowest BCUT2D eigenvalue weighted by molar-refractivity contribution is -0.160. The van der Waals surface area contributed by atoms with Crippen LogP contribution in [0, 0.1) is 0 Å². The fraction of sp³-hybridized carbons (Fsp3) is 0.526. The zero-order valence-electron chi connectivity index (χ0n) is 15.4. The van der Waals surface area contributed by atoms with E-state index in [-0.39, 0.29) is 11.8 Å². The zero-order valence-corrected chi connectivity index (χ0v) is 16.3. The van der Waals surface area contributed by atoms with E-state index in [1.54, 1.807) is 26.1 Å². The molecular weight excluding hydrogens is 352 g/mol. The molecule has 1 aromatic rings. The number of benzene rings is 1. The van der Waals surface area contributed by atoms with Crippen molar-refractivity contribution in [2.24, 2.45) is 0 Å². The fourth-order valence-corrected chi connectivity index (χ4v) is 4.35. The lowest BCUT2D eigenvalue weighted by Gasteiger charge is -2.41. The number of anilines is 1. The first-order valence-corrected chi connectivity index (χ1v) is 9.69. The molecule has 1 fully saturated rings. The Morgan fingerprint density at radius 2 is 1.73 bits per heavy atom. The van der Waals surface area contributed by atoms with E-state index in [0.29, 0.717) is 18.5 Å². The minimum Gasteiger partial charge on any atom is -0.479 e. The topological polar surface area (TPSA) is 86.7 Å².